The summed E-state index contributed by atoms with van der Waals surface area (Å²) >= 11 is 0. The van der Waals surface area contributed by atoms with E-state index in [9.17, 15) is 14.4 Å². The lowest BCUT2D eigenvalue weighted by atomic mass is 10.1. The van der Waals surface area contributed by atoms with Gasteiger partial charge >= 0.3 is 6.03 Å². The Bertz CT molecular complexity index is 607. The van der Waals surface area contributed by atoms with Gasteiger partial charge in [-0.15, -0.1) is 0 Å². The molecule has 3 amide bonds. The van der Waals surface area contributed by atoms with Crippen LogP contribution in [0.3, 0.4) is 0 Å². The van der Waals surface area contributed by atoms with Crippen LogP contribution in [0.2, 0.25) is 0 Å². The normalized spacial score (nSPS) is 14.7. The highest BCUT2D eigenvalue weighted by Gasteiger charge is 2.33. The van der Waals surface area contributed by atoms with Crippen molar-refractivity contribution in [2.75, 3.05) is 19.6 Å². The van der Waals surface area contributed by atoms with Crippen molar-refractivity contribution in [3.05, 3.63) is 0 Å². The average Bonchev–Trinajstić information content (AvgIpc) is 3.45. The third kappa shape index (κ3) is 24.8. The van der Waals surface area contributed by atoms with Crippen LogP contribution < -0.4 is 10.6 Å². The molecular weight excluding hydrogens is 526 g/mol. The number of rotatable bonds is 24. The number of likely N-dealkylation sites (tertiary alicyclic amines) is 1. The van der Waals surface area contributed by atoms with Crippen molar-refractivity contribution in [2.24, 2.45) is 0 Å². The van der Waals surface area contributed by atoms with Gasteiger partial charge in [0.25, 0.3) is 6.47 Å². The van der Waals surface area contributed by atoms with Crippen LogP contribution in [0.5, 0.6) is 0 Å². The van der Waals surface area contributed by atoms with Crippen molar-refractivity contribution >= 4 is 18.4 Å². The first-order valence-electron chi connectivity index (χ1n) is 17.7. The van der Waals surface area contributed by atoms with E-state index in [0.717, 1.165) is 38.8 Å². The van der Waals surface area contributed by atoms with Crippen LogP contribution in [-0.4, -0.2) is 54.6 Å². The van der Waals surface area contributed by atoms with Gasteiger partial charge in [0.05, 0.1) is 0 Å². The van der Waals surface area contributed by atoms with Gasteiger partial charge in [0.15, 0.2) is 0 Å². The van der Waals surface area contributed by atoms with Gasteiger partial charge in [-0.3, -0.25) is 9.59 Å². The van der Waals surface area contributed by atoms with E-state index < -0.39 is 0 Å². The fraction of sp³-hybridized carbons (Fsp3) is 0.914. The number of carbonyl (C=O) groups excluding carboxylic acids is 3. The van der Waals surface area contributed by atoms with Gasteiger partial charge in [0.2, 0.25) is 5.91 Å². The molecule has 1 fully saturated rings. The lowest BCUT2D eigenvalue weighted by Gasteiger charge is -2.24. The molecule has 0 aromatic heterocycles. The van der Waals surface area contributed by atoms with E-state index in [-0.39, 0.29) is 23.6 Å². The Kier molecular flexibility index (Phi) is 26.8. The van der Waals surface area contributed by atoms with Crippen LogP contribution in [0.15, 0.2) is 0 Å². The lowest BCUT2D eigenvalue weighted by Crippen LogP contribution is -2.49. The second-order valence-corrected chi connectivity index (χ2v) is 13.1. The molecule has 7 nitrogen and oxygen atoms in total. The summed E-state index contributed by atoms with van der Waals surface area (Å²) < 4.78 is 4.55. The Morgan fingerprint density at radius 3 is 1.48 bits per heavy atom. The molecule has 1 rings (SSSR count). The largest absolute Gasteiger partial charge is 0.462 e. The third-order valence-electron chi connectivity index (χ3n) is 7.85. The van der Waals surface area contributed by atoms with Gasteiger partial charge in [-0.2, -0.15) is 0 Å². The fourth-order valence-electron chi connectivity index (χ4n) is 5.28. The number of hydrogen-bond donors (Lipinski definition) is 2. The molecule has 0 aromatic carbocycles. The molecule has 0 saturated carbocycles. The zero-order valence-corrected chi connectivity index (χ0v) is 28.4. The molecule has 0 radical (unpaired) electrons. The maximum Gasteiger partial charge on any atom is 0.318 e. The topological polar surface area (TPSA) is 87.7 Å². The van der Waals surface area contributed by atoms with E-state index in [1.165, 1.54) is 116 Å². The molecule has 1 unspecified atom stereocenters. The Hall–Kier alpha value is -1.79. The van der Waals surface area contributed by atoms with Gasteiger partial charge in [-0.25, -0.2) is 4.79 Å². The van der Waals surface area contributed by atoms with Crippen molar-refractivity contribution in [1.29, 1.82) is 0 Å². The molecule has 1 aliphatic rings. The van der Waals surface area contributed by atoms with Crippen LogP contribution in [0.1, 0.15) is 176 Å². The van der Waals surface area contributed by atoms with Crippen molar-refractivity contribution in [3.8, 4) is 0 Å². The van der Waals surface area contributed by atoms with Crippen LogP contribution in [0.4, 0.5) is 4.79 Å². The molecule has 2 N–H and O–H groups in total. The second kappa shape index (κ2) is 28.0. The minimum atomic E-state index is -0.318. The molecule has 1 saturated heterocycles. The number of hydrogen-bond acceptors (Lipinski definition) is 4. The van der Waals surface area contributed by atoms with Gasteiger partial charge in [-0.1, -0.05) is 129 Å². The number of urea groups is 1. The highest BCUT2D eigenvalue weighted by atomic mass is 16.5. The summed E-state index contributed by atoms with van der Waals surface area (Å²) in [6.07, 6.45) is 27.6. The Morgan fingerprint density at radius 2 is 1.10 bits per heavy atom. The summed E-state index contributed by atoms with van der Waals surface area (Å²) in [6.45, 7) is 12.6. The van der Waals surface area contributed by atoms with E-state index in [4.69, 9.17) is 0 Å². The minimum absolute atomic E-state index is 0.0347. The first kappa shape index (κ1) is 40.2. The summed E-state index contributed by atoms with van der Waals surface area (Å²) in [7, 11) is 0. The smallest absolute Gasteiger partial charge is 0.318 e. The predicted octanol–water partition coefficient (Wildman–Crippen LogP) is 9.08. The molecule has 1 heterocycles. The molecule has 248 valence electrons. The van der Waals surface area contributed by atoms with E-state index >= 15 is 0 Å². The summed E-state index contributed by atoms with van der Waals surface area (Å²) in [6, 6.07) is -0.344. The standard InChI is InChI=1S/C30H59N3O2.C5H10O2/c1-3-5-7-9-11-13-15-17-19-21-25-31-29(34)28-24-23-27-33(28)30(35)32-26-22-20-18-16-14-12-10-8-6-4-2;1-5(2,3)7-4-6/h28H,3-27H2,1-2H3,(H,31,34)(H,32,35);4H,1-3H3. The van der Waals surface area contributed by atoms with Gasteiger partial charge < -0.3 is 20.3 Å². The molecule has 1 atom stereocenters. The molecular formula is C35H69N3O4. The molecule has 0 aromatic rings. The minimum Gasteiger partial charge on any atom is -0.462 e. The van der Waals surface area contributed by atoms with Crippen LogP contribution in [0, 0.1) is 0 Å². The number of carbonyl (C=O) groups is 3. The van der Waals surface area contributed by atoms with E-state index in [2.05, 4.69) is 29.2 Å². The SMILES string of the molecule is CC(C)(C)OC=O.CCCCCCCCCCCCNC(=O)C1CCCN1C(=O)NCCCCCCCCCCCC. The van der Waals surface area contributed by atoms with Gasteiger partial charge in [0.1, 0.15) is 11.6 Å². The van der Waals surface area contributed by atoms with Crippen LogP contribution in [0.25, 0.3) is 0 Å². The summed E-state index contributed by atoms with van der Waals surface area (Å²) in [5.74, 6) is 0.0347. The van der Waals surface area contributed by atoms with E-state index in [1.54, 1.807) is 4.90 Å². The van der Waals surface area contributed by atoms with Crippen molar-refractivity contribution in [1.82, 2.24) is 15.5 Å². The molecule has 7 heteroatoms. The number of nitrogens with zero attached hydrogens (tertiary/aromatic N) is 1. The lowest BCUT2D eigenvalue weighted by molar-refractivity contribution is -0.138. The van der Waals surface area contributed by atoms with E-state index in [1.807, 2.05) is 20.8 Å². The Balaban J connectivity index is 0.00000212. The van der Waals surface area contributed by atoms with Crippen molar-refractivity contribution in [3.63, 3.8) is 0 Å². The number of unbranched alkanes of at least 4 members (excludes halogenated alkanes) is 18. The summed E-state index contributed by atoms with van der Waals surface area (Å²) in [5, 5.41) is 6.14. The first-order valence-corrected chi connectivity index (χ1v) is 17.7. The first-order chi connectivity index (χ1) is 20.3. The second-order valence-electron chi connectivity index (χ2n) is 13.1. The zero-order valence-electron chi connectivity index (χ0n) is 28.4. The molecule has 0 bridgehead atoms. The molecule has 1 aliphatic heterocycles. The fourth-order valence-corrected chi connectivity index (χ4v) is 5.28. The highest BCUT2D eigenvalue weighted by molar-refractivity contribution is 5.87. The summed E-state index contributed by atoms with van der Waals surface area (Å²) in [4.78, 5) is 36.6. The third-order valence-corrected chi connectivity index (χ3v) is 7.85. The van der Waals surface area contributed by atoms with Crippen molar-refractivity contribution < 1.29 is 19.1 Å². The van der Waals surface area contributed by atoms with Crippen LogP contribution >= 0.6 is 0 Å². The zero-order chi connectivity index (χ0) is 31.3. The van der Waals surface area contributed by atoms with E-state index in [0.29, 0.717) is 13.0 Å². The molecule has 0 aliphatic carbocycles. The average molecular weight is 596 g/mol. The van der Waals surface area contributed by atoms with Crippen LogP contribution in [-0.2, 0) is 14.3 Å². The quantitative estimate of drug-likeness (QED) is 0.0860. The number of ether oxygens (including phenoxy) is 1. The maximum absolute atomic E-state index is 12.6. The Labute approximate surface area is 260 Å². The van der Waals surface area contributed by atoms with Gasteiger partial charge in [0, 0.05) is 19.6 Å². The van der Waals surface area contributed by atoms with Crippen molar-refractivity contribution in [2.45, 2.75) is 188 Å². The molecule has 0 spiro atoms. The Morgan fingerprint density at radius 1 is 0.690 bits per heavy atom. The van der Waals surface area contributed by atoms with Gasteiger partial charge in [-0.05, 0) is 46.5 Å². The summed E-state index contributed by atoms with van der Waals surface area (Å²) in [5.41, 5.74) is -0.318. The number of nitrogens with one attached hydrogen (secondary N) is 2. The highest BCUT2D eigenvalue weighted by Crippen LogP contribution is 2.18. The molecule has 42 heavy (non-hydrogen) atoms. The predicted molar refractivity (Wildman–Crippen MR) is 177 cm³/mol. The monoisotopic (exact) mass is 596 g/mol. The maximum atomic E-state index is 12.6. The number of amides is 3.